The molecule has 0 saturated carbocycles. The average Bonchev–Trinajstić information content (AvgIpc) is 3.12. The van der Waals surface area contributed by atoms with Gasteiger partial charge in [-0.3, -0.25) is 9.59 Å². The Hall–Kier alpha value is -3.15. The van der Waals surface area contributed by atoms with Gasteiger partial charge in [0.2, 0.25) is 0 Å². The summed E-state index contributed by atoms with van der Waals surface area (Å²) in [5.74, 6) is -0.904. The van der Waals surface area contributed by atoms with Gasteiger partial charge < -0.3 is 14.6 Å². The highest BCUT2D eigenvalue weighted by atomic mass is 16.5. The Labute approximate surface area is 207 Å². The quantitative estimate of drug-likeness (QED) is 0.194. The van der Waals surface area contributed by atoms with Crippen LogP contribution in [-0.4, -0.2) is 36.0 Å². The van der Waals surface area contributed by atoms with Gasteiger partial charge in [0.05, 0.1) is 18.8 Å². The van der Waals surface area contributed by atoms with Crippen molar-refractivity contribution < 1.29 is 29.0 Å². The number of ketones is 1. The fourth-order valence-corrected chi connectivity index (χ4v) is 4.48. The molecule has 3 rings (SSSR count). The normalized spacial score (nSPS) is 11.8. The number of unbranched alkanes of at least 4 members (excludes halogenated alkanes) is 7. The molecule has 188 valence electrons. The van der Waals surface area contributed by atoms with E-state index in [2.05, 4.69) is 6.92 Å². The van der Waals surface area contributed by atoms with Gasteiger partial charge >= 0.3 is 11.9 Å². The number of benzene rings is 2. The lowest BCUT2D eigenvalue weighted by Gasteiger charge is -2.14. The lowest BCUT2D eigenvalue weighted by molar-refractivity contribution is -0.136. The molecule has 6 heteroatoms. The van der Waals surface area contributed by atoms with Crippen LogP contribution in [0.25, 0.3) is 11.1 Å². The van der Waals surface area contributed by atoms with Crippen molar-refractivity contribution >= 4 is 17.7 Å². The van der Waals surface area contributed by atoms with Crippen LogP contribution in [0.1, 0.15) is 103 Å². The maximum Gasteiger partial charge on any atom is 0.338 e. The second-order valence-electron chi connectivity index (χ2n) is 9.03. The van der Waals surface area contributed by atoms with E-state index < -0.39 is 11.9 Å². The number of carbonyl (C=O) groups excluding carboxylic acids is 2. The number of ether oxygens (including phenoxy) is 2. The van der Waals surface area contributed by atoms with Gasteiger partial charge in [0, 0.05) is 17.5 Å². The van der Waals surface area contributed by atoms with Gasteiger partial charge in [-0.25, -0.2) is 4.79 Å². The van der Waals surface area contributed by atoms with Crippen molar-refractivity contribution in [3.05, 3.63) is 52.6 Å². The summed E-state index contributed by atoms with van der Waals surface area (Å²) in [6.07, 6.45) is 9.84. The van der Waals surface area contributed by atoms with Crippen LogP contribution in [0.5, 0.6) is 5.75 Å². The number of aliphatic carboxylic acids is 1. The number of carbonyl (C=O) groups is 3. The first-order valence-corrected chi connectivity index (χ1v) is 12.8. The van der Waals surface area contributed by atoms with Crippen molar-refractivity contribution in [3.8, 4) is 16.9 Å². The number of fused-ring (bicyclic) bond motifs is 3. The highest BCUT2D eigenvalue weighted by Crippen LogP contribution is 2.41. The highest BCUT2D eigenvalue weighted by Gasteiger charge is 2.29. The Morgan fingerprint density at radius 3 is 2.20 bits per heavy atom. The van der Waals surface area contributed by atoms with Crippen molar-refractivity contribution in [2.75, 3.05) is 13.2 Å². The van der Waals surface area contributed by atoms with Gasteiger partial charge in [-0.15, -0.1) is 0 Å². The molecule has 0 saturated heterocycles. The number of rotatable bonds is 15. The Kier molecular flexibility index (Phi) is 9.88. The van der Waals surface area contributed by atoms with E-state index in [1.807, 2.05) is 6.07 Å². The summed E-state index contributed by atoms with van der Waals surface area (Å²) in [6, 6.07) is 8.62. The van der Waals surface area contributed by atoms with E-state index >= 15 is 0 Å². The molecular weight excluding hydrogens is 444 g/mol. The second-order valence-corrected chi connectivity index (χ2v) is 9.03. The zero-order valence-electron chi connectivity index (χ0n) is 20.9. The standard InChI is InChI=1S/C29H36O6/c1-3-5-6-7-8-9-10-11-16-35-26-19-23-22-14-12-21(29(33)34-4-2)18-24(22)28(32)25(23)17-20(26)13-15-27(30)31/h12,14,17-19H,3-11,13,15-16H2,1-2H3,(H,30,31). The zero-order chi connectivity index (χ0) is 25.2. The number of carboxylic acid groups (broad SMARTS) is 1. The van der Waals surface area contributed by atoms with Crippen molar-refractivity contribution in [3.63, 3.8) is 0 Å². The van der Waals surface area contributed by atoms with Crippen LogP contribution in [0.4, 0.5) is 0 Å². The molecule has 0 atom stereocenters. The summed E-state index contributed by atoms with van der Waals surface area (Å²) < 4.78 is 11.2. The van der Waals surface area contributed by atoms with Gasteiger partial charge in [0.25, 0.3) is 0 Å². The number of esters is 1. The summed E-state index contributed by atoms with van der Waals surface area (Å²) in [5.41, 5.74) is 3.53. The molecule has 0 aromatic heterocycles. The van der Waals surface area contributed by atoms with E-state index in [4.69, 9.17) is 9.47 Å². The van der Waals surface area contributed by atoms with Crippen molar-refractivity contribution in [2.45, 2.75) is 78.1 Å². The van der Waals surface area contributed by atoms with Crippen LogP contribution in [0, 0.1) is 0 Å². The topological polar surface area (TPSA) is 89.9 Å². The lowest BCUT2D eigenvalue weighted by atomic mass is 9.99. The summed E-state index contributed by atoms with van der Waals surface area (Å²) in [5, 5.41) is 9.18. The molecule has 0 heterocycles. The molecule has 0 bridgehead atoms. The monoisotopic (exact) mass is 480 g/mol. The maximum absolute atomic E-state index is 13.1. The molecule has 35 heavy (non-hydrogen) atoms. The van der Waals surface area contributed by atoms with Crippen LogP contribution in [0.3, 0.4) is 0 Å². The van der Waals surface area contributed by atoms with Crippen LogP contribution in [0.2, 0.25) is 0 Å². The predicted octanol–water partition coefficient (Wildman–Crippen LogP) is 6.61. The minimum atomic E-state index is -0.895. The second kappa shape index (κ2) is 13.1. The molecule has 0 fully saturated rings. The van der Waals surface area contributed by atoms with E-state index in [0.717, 1.165) is 29.5 Å². The van der Waals surface area contributed by atoms with Gasteiger partial charge in [0.15, 0.2) is 5.78 Å². The highest BCUT2D eigenvalue weighted by molar-refractivity contribution is 6.22. The van der Waals surface area contributed by atoms with Gasteiger partial charge in [-0.05, 0) is 60.7 Å². The number of aryl methyl sites for hydroxylation is 1. The number of hydrogen-bond acceptors (Lipinski definition) is 5. The van der Waals surface area contributed by atoms with Crippen LogP contribution < -0.4 is 4.74 Å². The third kappa shape index (κ3) is 6.93. The molecule has 0 unspecified atom stereocenters. The largest absolute Gasteiger partial charge is 0.493 e. The average molecular weight is 481 g/mol. The number of carboxylic acids is 1. The van der Waals surface area contributed by atoms with Crippen LogP contribution >= 0.6 is 0 Å². The van der Waals surface area contributed by atoms with Gasteiger partial charge in [-0.2, -0.15) is 0 Å². The molecule has 0 amide bonds. The molecule has 0 spiro atoms. The lowest BCUT2D eigenvalue weighted by Crippen LogP contribution is -2.06. The molecule has 6 nitrogen and oxygen atoms in total. The summed E-state index contributed by atoms with van der Waals surface area (Å²) in [4.78, 5) is 36.5. The van der Waals surface area contributed by atoms with E-state index in [1.54, 1.807) is 31.2 Å². The molecule has 1 aliphatic carbocycles. The van der Waals surface area contributed by atoms with Crippen molar-refractivity contribution in [2.24, 2.45) is 0 Å². The molecule has 2 aromatic carbocycles. The predicted molar refractivity (Wildman–Crippen MR) is 135 cm³/mol. The Bertz CT molecular complexity index is 1060. The first-order valence-electron chi connectivity index (χ1n) is 12.8. The summed E-state index contributed by atoms with van der Waals surface area (Å²) in [6.45, 7) is 4.77. The first kappa shape index (κ1) is 26.5. The Balaban J connectivity index is 1.73. The van der Waals surface area contributed by atoms with Gasteiger partial charge in [-0.1, -0.05) is 57.9 Å². The Morgan fingerprint density at radius 2 is 1.51 bits per heavy atom. The zero-order valence-corrected chi connectivity index (χ0v) is 20.9. The number of hydrogen-bond donors (Lipinski definition) is 1. The smallest absolute Gasteiger partial charge is 0.338 e. The van der Waals surface area contributed by atoms with Crippen molar-refractivity contribution in [1.29, 1.82) is 0 Å². The molecular formula is C29H36O6. The van der Waals surface area contributed by atoms with E-state index in [-0.39, 0.29) is 25.2 Å². The summed E-state index contributed by atoms with van der Waals surface area (Å²) in [7, 11) is 0. The molecule has 2 aromatic rings. The fraction of sp³-hybridized carbons (Fsp3) is 0.483. The first-order chi connectivity index (χ1) is 17.0. The molecule has 0 aliphatic heterocycles. The van der Waals surface area contributed by atoms with Crippen LogP contribution in [-0.2, 0) is 16.0 Å². The Morgan fingerprint density at radius 1 is 0.829 bits per heavy atom. The minimum Gasteiger partial charge on any atom is -0.493 e. The third-order valence-electron chi connectivity index (χ3n) is 6.37. The van der Waals surface area contributed by atoms with E-state index in [0.29, 0.717) is 29.0 Å². The third-order valence-corrected chi connectivity index (χ3v) is 6.37. The van der Waals surface area contributed by atoms with E-state index in [1.165, 1.54) is 38.5 Å². The van der Waals surface area contributed by atoms with Crippen LogP contribution in [0.15, 0.2) is 30.3 Å². The molecule has 0 radical (unpaired) electrons. The fourth-order valence-electron chi connectivity index (χ4n) is 4.48. The molecule has 1 aliphatic rings. The van der Waals surface area contributed by atoms with E-state index in [9.17, 15) is 19.5 Å². The van der Waals surface area contributed by atoms with Crippen molar-refractivity contribution in [1.82, 2.24) is 0 Å². The minimum absolute atomic E-state index is 0.0406. The molecule has 1 N–H and O–H groups in total. The maximum atomic E-state index is 13.1. The SMILES string of the molecule is CCCCCCCCCCOc1cc2c(cc1CCC(=O)O)C(=O)c1cc(C(=O)OCC)ccc1-2. The summed E-state index contributed by atoms with van der Waals surface area (Å²) >= 11 is 0. The van der Waals surface area contributed by atoms with Gasteiger partial charge in [0.1, 0.15) is 5.75 Å².